The zero-order valence-electron chi connectivity index (χ0n) is 17.7. The molecule has 3 heterocycles. The van der Waals surface area contributed by atoms with E-state index in [1.54, 1.807) is 14.2 Å². The van der Waals surface area contributed by atoms with E-state index in [1.165, 1.54) is 23.1 Å². The van der Waals surface area contributed by atoms with Gasteiger partial charge in [0.1, 0.15) is 22.0 Å². The Morgan fingerprint density at radius 1 is 1.06 bits per heavy atom. The molecule has 0 radical (unpaired) electrons. The van der Waals surface area contributed by atoms with Crippen LogP contribution in [-0.2, 0) is 5.75 Å². The SMILES string of the molecule is COc1ccc(-c2cc3nc(CSc4nnc(-c5ccccc5OC)o4)[nH]c(=O)c3s2)cc1. The van der Waals surface area contributed by atoms with Crippen LogP contribution in [0, 0.1) is 0 Å². The number of thiophene rings is 1. The fraction of sp³-hybridized carbons (Fsp3) is 0.130. The van der Waals surface area contributed by atoms with Crippen LogP contribution < -0.4 is 15.0 Å². The van der Waals surface area contributed by atoms with Crippen molar-refractivity contribution < 1.29 is 13.9 Å². The predicted octanol–water partition coefficient (Wildman–Crippen LogP) is 5.01. The van der Waals surface area contributed by atoms with Crippen molar-refractivity contribution in [3.8, 4) is 33.4 Å². The molecule has 166 valence electrons. The van der Waals surface area contributed by atoms with Gasteiger partial charge in [-0.25, -0.2) is 4.98 Å². The Bertz CT molecular complexity index is 1470. The Balaban J connectivity index is 1.35. The first-order valence-electron chi connectivity index (χ1n) is 9.91. The minimum atomic E-state index is -0.166. The zero-order valence-corrected chi connectivity index (χ0v) is 19.3. The van der Waals surface area contributed by atoms with Crippen LogP contribution in [0.3, 0.4) is 0 Å². The normalized spacial score (nSPS) is 11.1. The second-order valence-electron chi connectivity index (χ2n) is 6.93. The maximum Gasteiger partial charge on any atom is 0.277 e. The number of rotatable bonds is 7. The van der Waals surface area contributed by atoms with Gasteiger partial charge in [-0.3, -0.25) is 4.79 Å². The van der Waals surface area contributed by atoms with E-state index >= 15 is 0 Å². The number of para-hydroxylation sites is 1. The second kappa shape index (κ2) is 9.08. The molecule has 0 aliphatic carbocycles. The van der Waals surface area contributed by atoms with Crippen molar-refractivity contribution in [1.29, 1.82) is 0 Å². The molecule has 0 amide bonds. The highest BCUT2D eigenvalue weighted by molar-refractivity contribution is 7.98. The fourth-order valence-corrected chi connectivity index (χ4v) is 4.91. The van der Waals surface area contributed by atoms with Gasteiger partial charge in [0.15, 0.2) is 0 Å². The van der Waals surface area contributed by atoms with Crippen LogP contribution in [-0.4, -0.2) is 34.4 Å². The molecule has 0 saturated carbocycles. The molecule has 3 aromatic heterocycles. The summed E-state index contributed by atoms with van der Waals surface area (Å²) < 4.78 is 16.9. The lowest BCUT2D eigenvalue weighted by Crippen LogP contribution is -2.09. The van der Waals surface area contributed by atoms with Crippen LogP contribution >= 0.6 is 23.1 Å². The van der Waals surface area contributed by atoms with E-state index < -0.39 is 0 Å². The summed E-state index contributed by atoms with van der Waals surface area (Å²) in [5, 5.41) is 8.57. The highest BCUT2D eigenvalue weighted by atomic mass is 32.2. The van der Waals surface area contributed by atoms with E-state index in [4.69, 9.17) is 13.9 Å². The third-order valence-electron chi connectivity index (χ3n) is 4.88. The molecule has 5 aromatic rings. The third kappa shape index (κ3) is 4.35. The van der Waals surface area contributed by atoms with Gasteiger partial charge in [0.25, 0.3) is 16.7 Å². The molecule has 0 fully saturated rings. The smallest absolute Gasteiger partial charge is 0.277 e. The quantitative estimate of drug-likeness (QED) is 0.326. The summed E-state index contributed by atoms with van der Waals surface area (Å²) in [6.07, 6.45) is 0. The number of nitrogens with one attached hydrogen (secondary N) is 1. The van der Waals surface area contributed by atoms with Gasteiger partial charge in [-0.2, -0.15) is 0 Å². The number of hydrogen-bond donors (Lipinski definition) is 1. The second-order valence-corrected chi connectivity index (χ2v) is 8.91. The van der Waals surface area contributed by atoms with Crippen LogP contribution in [0.2, 0.25) is 0 Å². The monoisotopic (exact) mass is 478 g/mol. The topological polar surface area (TPSA) is 103 Å². The first-order valence-corrected chi connectivity index (χ1v) is 11.7. The Labute approximate surface area is 196 Å². The van der Waals surface area contributed by atoms with E-state index in [-0.39, 0.29) is 5.56 Å². The zero-order chi connectivity index (χ0) is 22.8. The molecule has 0 aliphatic rings. The number of hydrogen-bond acceptors (Lipinski definition) is 9. The lowest BCUT2D eigenvalue weighted by atomic mass is 10.2. The van der Waals surface area contributed by atoms with Gasteiger partial charge in [0, 0.05) is 4.88 Å². The van der Waals surface area contributed by atoms with E-state index in [9.17, 15) is 4.79 Å². The molecule has 0 spiro atoms. The molecule has 8 nitrogen and oxygen atoms in total. The highest BCUT2D eigenvalue weighted by Crippen LogP contribution is 2.33. The van der Waals surface area contributed by atoms with Crippen molar-refractivity contribution in [3.05, 3.63) is 70.8 Å². The van der Waals surface area contributed by atoms with E-state index in [0.29, 0.717) is 38.7 Å². The number of fused-ring (bicyclic) bond motifs is 1. The Kier molecular flexibility index (Phi) is 5.84. The molecule has 33 heavy (non-hydrogen) atoms. The maximum atomic E-state index is 12.6. The van der Waals surface area contributed by atoms with Gasteiger partial charge in [0.05, 0.1) is 31.1 Å². The minimum Gasteiger partial charge on any atom is -0.497 e. The molecule has 0 aliphatic heterocycles. The van der Waals surface area contributed by atoms with Gasteiger partial charge >= 0.3 is 0 Å². The van der Waals surface area contributed by atoms with E-state index in [1.807, 2.05) is 54.6 Å². The first kappa shape index (κ1) is 21.2. The fourth-order valence-electron chi connectivity index (χ4n) is 3.28. The van der Waals surface area contributed by atoms with Gasteiger partial charge in [-0.1, -0.05) is 23.9 Å². The van der Waals surface area contributed by atoms with Crippen molar-refractivity contribution >= 4 is 33.3 Å². The summed E-state index contributed by atoms with van der Waals surface area (Å²) in [7, 11) is 3.22. The molecule has 2 aromatic carbocycles. The van der Waals surface area contributed by atoms with Crippen molar-refractivity contribution in [3.63, 3.8) is 0 Å². The van der Waals surface area contributed by atoms with E-state index in [2.05, 4.69) is 20.2 Å². The van der Waals surface area contributed by atoms with Crippen LogP contribution in [0.5, 0.6) is 11.5 Å². The number of aromatic amines is 1. The van der Waals surface area contributed by atoms with Crippen LogP contribution in [0.25, 0.3) is 32.1 Å². The average Bonchev–Trinajstić information content (AvgIpc) is 3.50. The molecule has 10 heteroatoms. The summed E-state index contributed by atoms with van der Waals surface area (Å²) in [5.74, 6) is 2.72. The number of nitrogens with zero attached hydrogens (tertiary/aromatic N) is 3. The number of aromatic nitrogens is 4. The van der Waals surface area contributed by atoms with Gasteiger partial charge < -0.3 is 18.9 Å². The lowest BCUT2D eigenvalue weighted by Gasteiger charge is -2.03. The number of ether oxygens (including phenoxy) is 2. The van der Waals surface area contributed by atoms with Gasteiger partial charge in [-0.05, 0) is 48.0 Å². The van der Waals surface area contributed by atoms with Crippen LogP contribution in [0.1, 0.15) is 5.82 Å². The Morgan fingerprint density at radius 2 is 1.88 bits per heavy atom. The number of thioether (sulfide) groups is 1. The largest absolute Gasteiger partial charge is 0.497 e. The van der Waals surface area contributed by atoms with Gasteiger partial charge in [0.2, 0.25) is 0 Å². The molecule has 0 saturated heterocycles. The molecule has 0 unspecified atom stereocenters. The standard InChI is InChI=1S/C23H18N4O4S2/c1-29-14-9-7-13(8-10-14)18-11-16-20(33-18)21(28)25-19(24-16)12-32-23-27-26-22(31-23)15-5-3-4-6-17(15)30-2/h3-11H,12H2,1-2H3,(H,24,25,28). The average molecular weight is 479 g/mol. The number of benzene rings is 2. The summed E-state index contributed by atoms with van der Waals surface area (Å²) in [4.78, 5) is 21.1. The number of methoxy groups -OCH3 is 2. The maximum absolute atomic E-state index is 12.6. The summed E-state index contributed by atoms with van der Waals surface area (Å²) in [6, 6.07) is 17.1. The number of H-pyrrole nitrogens is 1. The van der Waals surface area contributed by atoms with Gasteiger partial charge in [-0.15, -0.1) is 21.5 Å². The summed E-state index contributed by atoms with van der Waals surface area (Å²) in [5.41, 5.74) is 2.21. The van der Waals surface area contributed by atoms with Crippen LogP contribution in [0.4, 0.5) is 0 Å². The highest BCUT2D eigenvalue weighted by Gasteiger charge is 2.15. The van der Waals surface area contributed by atoms with Crippen LogP contribution in [0.15, 0.2) is 69.0 Å². The molecular weight excluding hydrogens is 460 g/mol. The third-order valence-corrected chi connectivity index (χ3v) is 6.88. The lowest BCUT2D eigenvalue weighted by molar-refractivity contribution is 0.411. The molecular formula is C23H18N4O4S2. The summed E-state index contributed by atoms with van der Waals surface area (Å²) >= 11 is 2.71. The first-order chi connectivity index (χ1) is 16.1. The molecule has 0 bridgehead atoms. The Hall–Kier alpha value is -3.63. The van der Waals surface area contributed by atoms with Crippen molar-refractivity contribution in [1.82, 2.24) is 20.2 Å². The molecule has 0 atom stereocenters. The van der Waals surface area contributed by atoms with Crippen molar-refractivity contribution in [2.24, 2.45) is 0 Å². The molecule has 1 N–H and O–H groups in total. The van der Waals surface area contributed by atoms with Crippen molar-refractivity contribution in [2.75, 3.05) is 14.2 Å². The minimum absolute atomic E-state index is 0.166. The van der Waals surface area contributed by atoms with E-state index in [0.717, 1.165) is 21.8 Å². The molecule has 5 rings (SSSR count). The predicted molar refractivity (Wildman–Crippen MR) is 128 cm³/mol. The summed E-state index contributed by atoms with van der Waals surface area (Å²) in [6.45, 7) is 0. The van der Waals surface area contributed by atoms with Crippen molar-refractivity contribution in [2.45, 2.75) is 11.0 Å². The Morgan fingerprint density at radius 3 is 2.67 bits per heavy atom.